The first-order valence-corrected chi connectivity index (χ1v) is 8.34. The molecule has 0 spiro atoms. The van der Waals surface area contributed by atoms with Crippen molar-refractivity contribution in [1.29, 1.82) is 0 Å². The number of rotatable bonds is 4. The normalized spacial score (nSPS) is 19.6. The molecule has 2 aliphatic heterocycles. The van der Waals surface area contributed by atoms with E-state index in [0.29, 0.717) is 18.5 Å². The third-order valence-electron chi connectivity index (χ3n) is 4.70. The van der Waals surface area contributed by atoms with Gasteiger partial charge >= 0.3 is 0 Å². The molecule has 128 valence electrons. The lowest BCUT2D eigenvalue weighted by atomic mass is 10.1. The van der Waals surface area contributed by atoms with E-state index < -0.39 is 0 Å². The monoisotopic (exact) mass is 330 g/mol. The van der Waals surface area contributed by atoms with Crippen LogP contribution in [0.3, 0.4) is 0 Å². The number of hydrogen-bond donors (Lipinski definition) is 0. The van der Waals surface area contributed by atoms with Gasteiger partial charge in [-0.25, -0.2) is 0 Å². The second-order valence-corrected chi connectivity index (χ2v) is 6.36. The van der Waals surface area contributed by atoms with Gasteiger partial charge in [-0.2, -0.15) is 4.98 Å². The molecule has 1 atom stereocenters. The molecule has 0 N–H and O–H groups in total. The summed E-state index contributed by atoms with van der Waals surface area (Å²) in [5.41, 5.74) is 1.26. The maximum absolute atomic E-state index is 5.46. The lowest BCUT2D eigenvalue weighted by Crippen LogP contribution is -2.46. The molecular weight excluding hydrogens is 308 g/mol. The Labute approximate surface area is 141 Å². The fraction of sp³-hybridized carbons (Fsp3) is 0.529. The largest absolute Gasteiger partial charge is 0.454 e. The fourth-order valence-electron chi connectivity index (χ4n) is 3.25. The van der Waals surface area contributed by atoms with Gasteiger partial charge < -0.3 is 14.0 Å². The van der Waals surface area contributed by atoms with Crippen LogP contribution >= 0.6 is 0 Å². The van der Waals surface area contributed by atoms with Crippen LogP contribution in [-0.2, 0) is 6.54 Å². The maximum atomic E-state index is 5.46. The highest BCUT2D eigenvalue weighted by atomic mass is 16.7. The zero-order valence-electron chi connectivity index (χ0n) is 14.1. The Morgan fingerprint density at radius 2 is 1.92 bits per heavy atom. The lowest BCUT2D eigenvalue weighted by Gasteiger charge is -2.36. The highest BCUT2D eigenvalue weighted by molar-refractivity contribution is 5.44. The zero-order valence-corrected chi connectivity index (χ0v) is 14.1. The van der Waals surface area contributed by atoms with Gasteiger partial charge in [0.25, 0.3) is 0 Å². The maximum Gasteiger partial charge on any atom is 0.243 e. The topological polar surface area (TPSA) is 63.9 Å². The van der Waals surface area contributed by atoms with Crippen molar-refractivity contribution < 1.29 is 14.0 Å². The average molecular weight is 330 g/mol. The van der Waals surface area contributed by atoms with Crippen molar-refractivity contribution in [2.24, 2.45) is 0 Å². The minimum absolute atomic E-state index is 0.166. The molecule has 1 aromatic heterocycles. The minimum Gasteiger partial charge on any atom is -0.454 e. The standard InChI is InChI=1S/C17H22N4O3/c1-12(17-18-13(2)19-24-17)21-7-5-20(6-8-21)10-14-3-4-15-16(9-14)23-11-22-15/h3-4,9,12H,5-8,10-11H2,1-2H3/t12-/m1/s1. The molecule has 1 aromatic carbocycles. The molecule has 7 heteroatoms. The Hall–Kier alpha value is -2.12. The third-order valence-corrected chi connectivity index (χ3v) is 4.70. The van der Waals surface area contributed by atoms with Crippen LogP contribution in [0.15, 0.2) is 22.7 Å². The molecule has 0 amide bonds. The lowest BCUT2D eigenvalue weighted by molar-refractivity contribution is 0.0845. The van der Waals surface area contributed by atoms with Crippen molar-refractivity contribution in [2.45, 2.75) is 26.4 Å². The van der Waals surface area contributed by atoms with Gasteiger partial charge in [-0.1, -0.05) is 11.2 Å². The van der Waals surface area contributed by atoms with E-state index in [9.17, 15) is 0 Å². The molecule has 1 fully saturated rings. The molecule has 4 rings (SSSR count). The van der Waals surface area contributed by atoms with Crippen molar-refractivity contribution in [3.8, 4) is 11.5 Å². The summed E-state index contributed by atoms with van der Waals surface area (Å²) < 4.78 is 16.1. The summed E-state index contributed by atoms with van der Waals surface area (Å²) in [6.45, 7) is 9.25. The molecule has 0 aliphatic carbocycles. The number of nitrogens with zero attached hydrogens (tertiary/aromatic N) is 4. The molecule has 2 aromatic rings. The van der Waals surface area contributed by atoms with Gasteiger partial charge in [-0.05, 0) is 31.5 Å². The first-order valence-electron chi connectivity index (χ1n) is 8.34. The summed E-state index contributed by atoms with van der Waals surface area (Å²) in [6, 6.07) is 6.36. The summed E-state index contributed by atoms with van der Waals surface area (Å²) in [7, 11) is 0. The summed E-state index contributed by atoms with van der Waals surface area (Å²) in [4.78, 5) is 9.20. The van der Waals surface area contributed by atoms with Gasteiger partial charge in [0.05, 0.1) is 6.04 Å². The highest BCUT2D eigenvalue weighted by Crippen LogP contribution is 2.33. The van der Waals surface area contributed by atoms with E-state index in [1.54, 1.807) is 0 Å². The molecule has 0 saturated carbocycles. The molecule has 0 radical (unpaired) electrons. The van der Waals surface area contributed by atoms with E-state index in [-0.39, 0.29) is 6.04 Å². The Morgan fingerprint density at radius 3 is 2.67 bits per heavy atom. The van der Waals surface area contributed by atoms with Crippen LogP contribution in [0.25, 0.3) is 0 Å². The van der Waals surface area contributed by atoms with Gasteiger partial charge in [0, 0.05) is 32.7 Å². The number of hydrogen-bond acceptors (Lipinski definition) is 7. The Kier molecular flexibility index (Phi) is 4.12. The van der Waals surface area contributed by atoms with Crippen LogP contribution in [0.1, 0.15) is 30.2 Å². The minimum atomic E-state index is 0.166. The van der Waals surface area contributed by atoms with Crippen LogP contribution in [0.4, 0.5) is 0 Å². The molecule has 7 nitrogen and oxygen atoms in total. The van der Waals surface area contributed by atoms with Crippen LogP contribution < -0.4 is 9.47 Å². The predicted molar refractivity (Wildman–Crippen MR) is 86.9 cm³/mol. The molecule has 24 heavy (non-hydrogen) atoms. The number of fused-ring (bicyclic) bond motifs is 1. The van der Waals surface area contributed by atoms with Gasteiger partial charge in [0.15, 0.2) is 17.3 Å². The Morgan fingerprint density at radius 1 is 1.12 bits per heavy atom. The predicted octanol–water partition coefficient (Wildman–Crippen LogP) is 1.99. The van der Waals surface area contributed by atoms with Crippen molar-refractivity contribution in [3.05, 3.63) is 35.5 Å². The second kappa shape index (κ2) is 6.41. The first-order chi connectivity index (χ1) is 11.7. The molecular formula is C17H22N4O3. The van der Waals surface area contributed by atoms with Gasteiger partial charge in [-0.15, -0.1) is 0 Å². The number of benzene rings is 1. The van der Waals surface area contributed by atoms with Crippen LogP contribution in [0, 0.1) is 6.92 Å². The highest BCUT2D eigenvalue weighted by Gasteiger charge is 2.25. The van der Waals surface area contributed by atoms with Crippen molar-refractivity contribution in [3.63, 3.8) is 0 Å². The summed E-state index contributed by atoms with van der Waals surface area (Å²) in [5.74, 6) is 3.09. The van der Waals surface area contributed by atoms with E-state index in [2.05, 4.69) is 39.0 Å². The van der Waals surface area contributed by atoms with Crippen LogP contribution in [-0.4, -0.2) is 52.9 Å². The van der Waals surface area contributed by atoms with E-state index in [1.807, 2.05) is 13.0 Å². The Bertz CT molecular complexity index is 710. The van der Waals surface area contributed by atoms with Gasteiger partial charge in [0.1, 0.15) is 0 Å². The molecule has 1 saturated heterocycles. The number of aryl methyl sites for hydroxylation is 1. The molecule has 0 bridgehead atoms. The summed E-state index contributed by atoms with van der Waals surface area (Å²) in [5, 5.41) is 3.89. The first kappa shape index (κ1) is 15.4. The zero-order chi connectivity index (χ0) is 16.5. The average Bonchev–Trinajstić information content (AvgIpc) is 3.23. The van der Waals surface area contributed by atoms with E-state index in [0.717, 1.165) is 44.2 Å². The summed E-state index contributed by atoms with van der Waals surface area (Å²) in [6.07, 6.45) is 0. The quantitative estimate of drug-likeness (QED) is 0.849. The van der Waals surface area contributed by atoms with E-state index >= 15 is 0 Å². The SMILES string of the molecule is Cc1noc([C@@H](C)N2CCN(Cc3ccc4c(c3)OCO4)CC2)n1. The third kappa shape index (κ3) is 3.09. The molecule has 3 heterocycles. The fourth-order valence-corrected chi connectivity index (χ4v) is 3.25. The van der Waals surface area contributed by atoms with E-state index in [4.69, 9.17) is 14.0 Å². The molecule has 0 unspecified atom stereocenters. The second-order valence-electron chi connectivity index (χ2n) is 6.36. The smallest absolute Gasteiger partial charge is 0.243 e. The van der Waals surface area contributed by atoms with Crippen molar-refractivity contribution in [2.75, 3.05) is 33.0 Å². The van der Waals surface area contributed by atoms with Crippen LogP contribution in [0.2, 0.25) is 0 Å². The Balaban J connectivity index is 1.33. The van der Waals surface area contributed by atoms with Crippen LogP contribution in [0.5, 0.6) is 11.5 Å². The number of piperazine rings is 1. The number of aromatic nitrogens is 2. The van der Waals surface area contributed by atoms with Crippen molar-refractivity contribution in [1.82, 2.24) is 19.9 Å². The van der Waals surface area contributed by atoms with Gasteiger partial charge in [0.2, 0.25) is 12.7 Å². The number of ether oxygens (including phenoxy) is 2. The summed E-state index contributed by atoms with van der Waals surface area (Å²) >= 11 is 0. The van der Waals surface area contributed by atoms with E-state index in [1.165, 1.54) is 5.56 Å². The van der Waals surface area contributed by atoms with Gasteiger partial charge in [-0.3, -0.25) is 9.80 Å². The van der Waals surface area contributed by atoms with Crippen molar-refractivity contribution >= 4 is 0 Å². The molecule has 2 aliphatic rings.